The third kappa shape index (κ3) is 7.34. The number of carboxylic acid groups (broad SMARTS) is 1. The van der Waals surface area contributed by atoms with Gasteiger partial charge in [0.25, 0.3) is 5.91 Å². The second-order valence-corrected chi connectivity index (χ2v) is 5.13. The summed E-state index contributed by atoms with van der Waals surface area (Å²) >= 11 is 6.04. The highest BCUT2D eigenvalue weighted by Gasteiger charge is 2.08. The van der Waals surface area contributed by atoms with Crippen molar-refractivity contribution in [3.8, 4) is 6.07 Å². The van der Waals surface area contributed by atoms with Crippen LogP contribution in [0.15, 0.2) is 36.0 Å². The van der Waals surface area contributed by atoms with Gasteiger partial charge in [0.05, 0.1) is 0 Å². The normalized spacial score (nSPS) is 10.7. The van der Waals surface area contributed by atoms with E-state index in [0.717, 1.165) is 5.56 Å². The lowest BCUT2D eigenvalue weighted by Crippen LogP contribution is -2.27. The summed E-state index contributed by atoms with van der Waals surface area (Å²) in [5.41, 5.74) is 0.922. The maximum atomic E-state index is 11.7. The first-order chi connectivity index (χ1) is 11.0. The minimum Gasteiger partial charge on any atom is -0.481 e. The monoisotopic (exact) mass is 335 g/mol. The molecule has 0 heterocycles. The van der Waals surface area contributed by atoms with Crippen LogP contribution in [0.25, 0.3) is 0 Å². The number of hydrogen-bond donors (Lipinski definition) is 3. The van der Waals surface area contributed by atoms with Gasteiger partial charge in [-0.25, -0.2) is 0 Å². The standard InChI is InChI=1S/C16H18ClN3O3/c17-14-5-2-1-4-12(14)7-9-19-11-13(10-18)16(23)20-8-3-6-15(21)22/h1-2,4-5,11,19H,3,6-9H2,(H,20,23)(H,21,22)/b13-11-. The van der Waals surface area contributed by atoms with Crippen molar-refractivity contribution < 1.29 is 14.7 Å². The summed E-state index contributed by atoms with van der Waals surface area (Å²) in [7, 11) is 0. The van der Waals surface area contributed by atoms with Crippen LogP contribution >= 0.6 is 11.6 Å². The van der Waals surface area contributed by atoms with Crippen LogP contribution < -0.4 is 10.6 Å². The van der Waals surface area contributed by atoms with E-state index in [2.05, 4.69) is 10.6 Å². The molecule has 1 aromatic carbocycles. The molecule has 0 unspecified atom stereocenters. The zero-order valence-corrected chi connectivity index (χ0v) is 13.3. The molecule has 0 spiro atoms. The molecule has 23 heavy (non-hydrogen) atoms. The van der Waals surface area contributed by atoms with Crippen molar-refractivity contribution >= 4 is 23.5 Å². The Bertz CT molecular complexity index is 623. The first-order valence-electron chi connectivity index (χ1n) is 7.11. The third-order valence-corrected chi connectivity index (χ3v) is 3.33. The number of nitrogens with zero attached hydrogens (tertiary/aromatic N) is 1. The maximum Gasteiger partial charge on any atom is 0.303 e. The van der Waals surface area contributed by atoms with Gasteiger partial charge in [-0.05, 0) is 24.5 Å². The highest BCUT2D eigenvalue weighted by molar-refractivity contribution is 6.31. The number of rotatable bonds is 9. The molecule has 1 aromatic rings. The highest BCUT2D eigenvalue weighted by atomic mass is 35.5. The number of nitriles is 1. The first kappa shape index (κ1) is 18.5. The minimum absolute atomic E-state index is 0.0258. The molecule has 0 radical (unpaired) electrons. The molecule has 0 atom stereocenters. The summed E-state index contributed by atoms with van der Waals surface area (Å²) in [5, 5.41) is 23.5. The second kappa shape index (κ2) is 10.2. The molecule has 122 valence electrons. The number of amides is 1. The summed E-state index contributed by atoms with van der Waals surface area (Å²) < 4.78 is 0. The van der Waals surface area contributed by atoms with E-state index in [0.29, 0.717) is 24.4 Å². The molecule has 0 bridgehead atoms. The summed E-state index contributed by atoms with van der Waals surface area (Å²) in [5.74, 6) is -1.44. The Morgan fingerprint density at radius 2 is 2.04 bits per heavy atom. The summed E-state index contributed by atoms with van der Waals surface area (Å²) in [6.07, 6.45) is 2.31. The molecule has 0 saturated carbocycles. The fourth-order valence-electron chi connectivity index (χ4n) is 1.77. The van der Waals surface area contributed by atoms with Crippen LogP contribution in [0.1, 0.15) is 18.4 Å². The number of halogens is 1. The predicted molar refractivity (Wildman–Crippen MR) is 86.7 cm³/mol. The zero-order valence-electron chi connectivity index (χ0n) is 12.5. The van der Waals surface area contributed by atoms with Crippen LogP contribution in [0.3, 0.4) is 0 Å². The molecule has 0 aromatic heterocycles. The smallest absolute Gasteiger partial charge is 0.303 e. The van der Waals surface area contributed by atoms with Gasteiger partial charge in [0.2, 0.25) is 0 Å². The van der Waals surface area contributed by atoms with Gasteiger partial charge in [0.1, 0.15) is 11.6 Å². The molecule has 0 saturated heterocycles. The molecular weight excluding hydrogens is 318 g/mol. The van der Waals surface area contributed by atoms with E-state index in [1.165, 1.54) is 6.20 Å². The van der Waals surface area contributed by atoms with E-state index in [1.807, 2.05) is 18.2 Å². The van der Waals surface area contributed by atoms with Crippen molar-refractivity contribution in [2.24, 2.45) is 0 Å². The van der Waals surface area contributed by atoms with Crippen LogP contribution in [0.2, 0.25) is 5.02 Å². The fraction of sp³-hybridized carbons (Fsp3) is 0.312. The Labute approximate surface area is 139 Å². The van der Waals surface area contributed by atoms with E-state index >= 15 is 0 Å². The van der Waals surface area contributed by atoms with Gasteiger partial charge in [0.15, 0.2) is 0 Å². The lowest BCUT2D eigenvalue weighted by molar-refractivity contribution is -0.137. The van der Waals surface area contributed by atoms with Crippen LogP contribution in [0.5, 0.6) is 0 Å². The van der Waals surface area contributed by atoms with Crippen molar-refractivity contribution in [3.05, 3.63) is 46.6 Å². The fourth-order valence-corrected chi connectivity index (χ4v) is 2.00. The van der Waals surface area contributed by atoms with Crippen molar-refractivity contribution in [3.63, 3.8) is 0 Å². The summed E-state index contributed by atoms with van der Waals surface area (Å²) in [6, 6.07) is 9.26. The van der Waals surface area contributed by atoms with Crippen LogP contribution in [-0.2, 0) is 16.0 Å². The summed E-state index contributed by atoms with van der Waals surface area (Å²) in [4.78, 5) is 22.1. The summed E-state index contributed by atoms with van der Waals surface area (Å²) in [6.45, 7) is 0.741. The van der Waals surface area contributed by atoms with Gasteiger partial charge in [-0.15, -0.1) is 0 Å². The van der Waals surface area contributed by atoms with Gasteiger partial charge >= 0.3 is 5.97 Å². The van der Waals surface area contributed by atoms with Crippen molar-refractivity contribution in [2.75, 3.05) is 13.1 Å². The molecular formula is C16H18ClN3O3. The largest absolute Gasteiger partial charge is 0.481 e. The van der Waals surface area contributed by atoms with Gasteiger partial charge in [-0.1, -0.05) is 29.8 Å². The average molecular weight is 336 g/mol. The molecule has 0 fully saturated rings. The minimum atomic E-state index is -0.920. The van der Waals surface area contributed by atoms with E-state index in [1.54, 1.807) is 12.1 Å². The number of hydrogen-bond acceptors (Lipinski definition) is 4. The quantitative estimate of drug-likeness (QED) is 0.363. The first-order valence-corrected chi connectivity index (χ1v) is 7.49. The van der Waals surface area contributed by atoms with E-state index in [9.17, 15) is 9.59 Å². The van der Waals surface area contributed by atoms with Gasteiger partial charge in [-0.2, -0.15) is 5.26 Å². The van der Waals surface area contributed by atoms with Crippen molar-refractivity contribution in [1.29, 1.82) is 5.26 Å². The number of aliphatic carboxylic acids is 1. The molecule has 1 amide bonds. The van der Waals surface area contributed by atoms with Crippen LogP contribution in [0, 0.1) is 11.3 Å². The van der Waals surface area contributed by atoms with E-state index < -0.39 is 11.9 Å². The van der Waals surface area contributed by atoms with Crippen LogP contribution in [-0.4, -0.2) is 30.1 Å². The average Bonchev–Trinajstić information content (AvgIpc) is 2.53. The molecule has 7 heteroatoms. The van der Waals surface area contributed by atoms with E-state index in [4.69, 9.17) is 22.0 Å². The molecule has 6 nitrogen and oxygen atoms in total. The number of carboxylic acids is 1. The molecule has 0 aliphatic heterocycles. The maximum absolute atomic E-state index is 11.7. The molecule has 0 aliphatic carbocycles. The Morgan fingerprint density at radius 3 is 2.70 bits per heavy atom. The van der Waals surface area contributed by atoms with Gasteiger partial charge < -0.3 is 15.7 Å². The Morgan fingerprint density at radius 1 is 1.30 bits per heavy atom. The predicted octanol–water partition coefficient (Wildman–Crippen LogP) is 1.86. The molecule has 3 N–H and O–H groups in total. The van der Waals surface area contributed by atoms with E-state index in [-0.39, 0.29) is 18.5 Å². The second-order valence-electron chi connectivity index (χ2n) is 4.72. The number of benzene rings is 1. The lowest BCUT2D eigenvalue weighted by atomic mass is 10.1. The lowest BCUT2D eigenvalue weighted by Gasteiger charge is -2.05. The van der Waals surface area contributed by atoms with Crippen molar-refractivity contribution in [2.45, 2.75) is 19.3 Å². The highest BCUT2D eigenvalue weighted by Crippen LogP contribution is 2.14. The zero-order chi connectivity index (χ0) is 17.1. The third-order valence-electron chi connectivity index (χ3n) is 2.96. The topological polar surface area (TPSA) is 102 Å². The molecule has 1 rings (SSSR count). The van der Waals surface area contributed by atoms with Crippen LogP contribution in [0.4, 0.5) is 0 Å². The molecule has 0 aliphatic rings. The number of carbonyl (C=O) groups excluding carboxylic acids is 1. The Balaban J connectivity index is 2.37. The Kier molecular flexibility index (Phi) is 8.25. The SMILES string of the molecule is N#C/C(=C/NCCc1ccccc1Cl)C(=O)NCCCC(=O)O. The van der Waals surface area contributed by atoms with Gasteiger partial charge in [0, 0.05) is 30.7 Å². The number of carbonyl (C=O) groups is 2. The van der Waals surface area contributed by atoms with Gasteiger partial charge in [-0.3, -0.25) is 9.59 Å². The number of nitrogens with one attached hydrogen (secondary N) is 2. The Hall–Kier alpha value is -2.52. The van der Waals surface area contributed by atoms with Crippen molar-refractivity contribution in [1.82, 2.24) is 10.6 Å².